The first kappa shape index (κ1) is 18.8. The van der Waals surface area contributed by atoms with Crippen molar-refractivity contribution in [2.24, 2.45) is 0 Å². The molecule has 10 heteroatoms. The molecule has 140 valence electrons. The molecule has 1 fully saturated rings. The number of halogens is 1. The first-order chi connectivity index (χ1) is 12.6. The van der Waals surface area contributed by atoms with Gasteiger partial charge in [-0.15, -0.1) is 5.10 Å². The van der Waals surface area contributed by atoms with Crippen molar-refractivity contribution < 1.29 is 14.3 Å². The predicted octanol–water partition coefficient (Wildman–Crippen LogP) is 2.14. The second-order valence-electron chi connectivity index (χ2n) is 5.74. The number of thioether (sulfide) groups is 1. The van der Waals surface area contributed by atoms with E-state index in [1.54, 1.807) is 18.2 Å². The summed E-state index contributed by atoms with van der Waals surface area (Å²) >= 11 is 7.23. The Labute approximate surface area is 159 Å². The van der Waals surface area contributed by atoms with Gasteiger partial charge in [0.15, 0.2) is 5.16 Å². The Morgan fingerprint density at radius 2 is 2.42 bits per heavy atom. The third-order valence-corrected chi connectivity index (χ3v) is 5.17. The molecule has 0 radical (unpaired) electrons. The number of aromatic nitrogens is 3. The maximum absolute atomic E-state index is 12.2. The molecule has 0 saturated carbocycles. The van der Waals surface area contributed by atoms with Gasteiger partial charge in [0.25, 0.3) is 0 Å². The Balaban J connectivity index is 1.57. The average molecular weight is 399 g/mol. The molecule has 26 heavy (non-hydrogen) atoms. The van der Waals surface area contributed by atoms with Gasteiger partial charge >= 0.3 is 5.69 Å². The van der Waals surface area contributed by atoms with Crippen molar-refractivity contribution in [2.45, 2.75) is 30.6 Å². The fourth-order valence-corrected chi connectivity index (χ4v) is 3.65. The van der Waals surface area contributed by atoms with Gasteiger partial charge in [-0.2, -0.15) is 0 Å². The van der Waals surface area contributed by atoms with Gasteiger partial charge in [0.2, 0.25) is 5.91 Å². The molecule has 1 aliphatic rings. The zero-order valence-corrected chi connectivity index (χ0v) is 15.7. The van der Waals surface area contributed by atoms with Crippen LogP contribution in [0.3, 0.4) is 0 Å². The van der Waals surface area contributed by atoms with E-state index in [4.69, 9.17) is 21.1 Å². The summed E-state index contributed by atoms with van der Waals surface area (Å²) in [7, 11) is 1.52. The summed E-state index contributed by atoms with van der Waals surface area (Å²) < 4.78 is 12.1. The molecule has 1 aromatic heterocycles. The van der Waals surface area contributed by atoms with Crippen molar-refractivity contribution in [1.29, 1.82) is 0 Å². The highest BCUT2D eigenvalue weighted by molar-refractivity contribution is 7.99. The molecule has 0 bridgehead atoms. The predicted molar refractivity (Wildman–Crippen MR) is 99.2 cm³/mol. The normalized spacial score (nSPS) is 16.6. The minimum atomic E-state index is -0.301. The number of carbonyl (C=O) groups is 1. The number of H-pyrrole nitrogens is 1. The lowest BCUT2D eigenvalue weighted by molar-refractivity contribution is -0.113. The second-order valence-corrected chi connectivity index (χ2v) is 7.09. The van der Waals surface area contributed by atoms with E-state index >= 15 is 0 Å². The van der Waals surface area contributed by atoms with Gasteiger partial charge in [-0.25, -0.2) is 9.89 Å². The van der Waals surface area contributed by atoms with Crippen LogP contribution >= 0.6 is 23.4 Å². The van der Waals surface area contributed by atoms with E-state index in [0.717, 1.165) is 12.8 Å². The summed E-state index contributed by atoms with van der Waals surface area (Å²) in [5.41, 5.74) is 0.269. The molecule has 8 nitrogen and oxygen atoms in total. The number of benzene rings is 1. The van der Waals surface area contributed by atoms with E-state index in [0.29, 0.717) is 34.8 Å². The lowest BCUT2D eigenvalue weighted by Gasteiger charge is -2.11. The molecule has 2 heterocycles. The number of nitrogens with zero attached hydrogens (tertiary/aromatic N) is 2. The van der Waals surface area contributed by atoms with E-state index in [1.165, 1.54) is 23.4 Å². The standard InChI is InChI=1S/C16H19ClN4O4S/c1-24-13-5-4-10(7-12(13)17)18-14(22)9-26-16-20-19-15(23)21(16)8-11-3-2-6-25-11/h4-5,7,11H,2-3,6,8-9H2,1H3,(H,18,22)(H,19,23)/t11-/m0/s1. The highest BCUT2D eigenvalue weighted by atomic mass is 35.5. The minimum Gasteiger partial charge on any atom is -0.495 e. The Morgan fingerprint density at radius 3 is 3.12 bits per heavy atom. The minimum absolute atomic E-state index is 0.0138. The van der Waals surface area contributed by atoms with Crippen LogP contribution in [0.4, 0.5) is 5.69 Å². The number of carbonyl (C=O) groups excluding carboxylic acids is 1. The lowest BCUT2D eigenvalue weighted by Crippen LogP contribution is -2.25. The monoisotopic (exact) mass is 398 g/mol. The first-order valence-corrected chi connectivity index (χ1v) is 9.46. The topological polar surface area (TPSA) is 98.2 Å². The van der Waals surface area contributed by atoms with Crippen molar-refractivity contribution >= 4 is 35.0 Å². The van der Waals surface area contributed by atoms with Crippen molar-refractivity contribution in [3.63, 3.8) is 0 Å². The second kappa shape index (κ2) is 8.61. The van der Waals surface area contributed by atoms with Crippen molar-refractivity contribution in [3.8, 4) is 5.75 Å². The van der Waals surface area contributed by atoms with Crippen LogP contribution in [0.15, 0.2) is 28.2 Å². The molecule has 1 saturated heterocycles. The molecule has 2 N–H and O–H groups in total. The lowest BCUT2D eigenvalue weighted by atomic mass is 10.2. The van der Waals surface area contributed by atoms with Crippen LogP contribution in [0.25, 0.3) is 0 Å². The van der Waals surface area contributed by atoms with Gasteiger partial charge in [0.1, 0.15) is 5.75 Å². The third kappa shape index (κ3) is 4.60. The number of nitrogens with one attached hydrogen (secondary N) is 2. The number of aromatic amines is 1. The summed E-state index contributed by atoms with van der Waals surface area (Å²) in [5, 5.41) is 10.0. The molecule has 0 spiro atoms. The number of ether oxygens (including phenoxy) is 2. The highest BCUT2D eigenvalue weighted by Gasteiger charge is 2.20. The molecule has 0 unspecified atom stereocenters. The van der Waals surface area contributed by atoms with Crippen molar-refractivity contribution in [3.05, 3.63) is 33.7 Å². The molecule has 1 aliphatic heterocycles. The summed E-state index contributed by atoms with van der Waals surface area (Å²) in [4.78, 5) is 24.1. The van der Waals surface area contributed by atoms with E-state index < -0.39 is 0 Å². The SMILES string of the molecule is COc1ccc(NC(=O)CSc2n[nH]c(=O)n2C[C@@H]2CCCO2)cc1Cl. The van der Waals surface area contributed by atoms with Gasteiger partial charge in [-0.3, -0.25) is 9.36 Å². The van der Waals surface area contributed by atoms with Gasteiger partial charge < -0.3 is 14.8 Å². The maximum atomic E-state index is 12.2. The molecular weight excluding hydrogens is 380 g/mol. The summed E-state index contributed by atoms with van der Waals surface area (Å²) in [5.74, 6) is 0.420. The Morgan fingerprint density at radius 1 is 1.58 bits per heavy atom. The van der Waals surface area contributed by atoms with Gasteiger partial charge in [-0.05, 0) is 31.0 Å². The summed E-state index contributed by atoms with van der Waals surface area (Å²) in [6.45, 7) is 1.15. The Hall–Kier alpha value is -1.97. The molecule has 1 aromatic carbocycles. The summed E-state index contributed by atoms with van der Waals surface area (Å²) in [6.07, 6.45) is 1.92. The average Bonchev–Trinajstić information content (AvgIpc) is 3.25. The fraction of sp³-hybridized carbons (Fsp3) is 0.438. The highest BCUT2D eigenvalue weighted by Crippen LogP contribution is 2.27. The number of rotatable bonds is 7. The molecule has 0 aliphatic carbocycles. The van der Waals surface area contributed by atoms with Crippen LogP contribution in [0.2, 0.25) is 5.02 Å². The van der Waals surface area contributed by atoms with Crippen molar-refractivity contribution in [1.82, 2.24) is 14.8 Å². The van der Waals surface area contributed by atoms with Crippen LogP contribution in [0.1, 0.15) is 12.8 Å². The number of amides is 1. The van der Waals surface area contributed by atoms with Crippen molar-refractivity contribution in [2.75, 3.05) is 24.8 Å². The number of hydrogen-bond donors (Lipinski definition) is 2. The van der Waals surface area contributed by atoms with Gasteiger partial charge in [-0.1, -0.05) is 23.4 Å². The summed E-state index contributed by atoms with van der Waals surface area (Å²) in [6, 6.07) is 5.00. The van der Waals surface area contributed by atoms with E-state index in [-0.39, 0.29) is 23.5 Å². The number of anilines is 1. The Kier molecular flexibility index (Phi) is 6.23. The molecule has 1 amide bonds. The third-order valence-electron chi connectivity index (χ3n) is 3.90. The van der Waals surface area contributed by atoms with Gasteiger partial charge in [0, 0.05) is 12.3 Å². The molecule has 1 atom stereocenters. The zero-order chi connectivity index (χ0) is 18.5. The smallest absolute Gasteiger partial charge is 0.344 e. The number of hydrogen-bond acceptors (Lipinski definition) is 6. The van der Waals surface area contributed by atoms with Crippen LogP contribution < -0.4 is 15.7 Å². The molecule has 2 aromatic rings. The number of methoxy groups -OCH3 is 1. The molecular formula is C16H19ClN4O4S. The van der Waals surface area contributed by atoms with E-state index in [9.17, 15) is 9.59 Å². The van der Waals surface area contributed by atoms with E-state index in [2.05, 4.69) is 15.5 Å². The fourth-order valence-electron chi connectivity index (χ4n) is 2.64. The maximum Gasteiger partial charge on any atom is 0.344 e. The Bertz CT molecular complexity index is 832. The van der Waals surface area contributed by atoms with Crippen LogP contribution in [0.5, 0.6) is 5.75 Å². The quantitative estimate of drug-likeness (QED) is 0.693. The first-order valence-electron chi connectivity index (χ1n) is 8.10. The van der Waals surface area contributed by atoms with Gasteiger partial charge in [0.05, 0.1) is 30.5 Å². The zero-order valence-electron chi connectivity index (χ0n) is 14.2. The largest absolute Gasteiger partial charge is 0.495 e. The van der Waals surface area contributed by atoms with E-state index in [1.807, 2.05) is 0 Å². The van der Waals surface area contributed by atoms with Crippen LogP contribution in [-0.2, 0) is 16.1 Å². The van der Waals surface area contributed by atoms with Crippen LogP contribution in [0, 0.1) is 0 Å². The molecule has 3 rings (SSSR count). The van der Waals surface area contributed by atoms with Crippen LogP contribution in [-0.4, -0.2) is 46.2 Å².